The number of carbonyl (C=O) groups is 1. The molecular weight excluding hydrogens is 402 g/mol. The molecule has 0 radical (unpaired) electrons. The van der Waals surface area contributed by atoms with Crippen molar-refractivity contribution in [2.45, 2.75) is 59.2 Å². The van der Waals surface area contributed by atoms with Crippen LogP contribution in [0.4, 0.5) is 10.5 Å². The lowest BCUT2D eigenvalue weighted by molar-refractivity contribution is 0.0199. The van der Waals surface area contributed by atoms with E-state index in [-0.39, 0.29) is 23.5 Å². The van der Waals surface area contributed by atoms with E-state index in [2.05, 4.69) is 75.8 Å². The SMILES string of the molecule is CC(C)NC(=O)N[C@H]1C[C@@H](Cc2cc(CN3CCN(c4ccccc4)CC3)on2)C1(C)C. The van der Waals surface area contributed by atoms with Crippen LogP contribution in [0.3, 0.4) is 0 Å². The van der Waals surface area contributed by atoms with Crippen molar-refractivity contribution >= 4 is 11.7 Å². The topological polar surface area (TPSA) is 73.6 Å². The Labute approximate surface area is 191 Å². The molecule has 0 bridgehead atoms. The Bertz CT molecular complexity index is 887. The molecule has 0 unspecified atom stereocenters. The predicted molar refractivity (Wildman–Crippen MR) is 127 cm³/mol. The molecule has 7 heteroatoms. The van der Waals surface area contributed by atoms with E-state index in [1.807, 2.05) is 13.8 Å². The fraction of sp³-hybridized carbons (Fsp3) is 0.600. The number of nitrogens with one attached hydrogen (secondary N) is 2. The van der Waals surface area contributed by atoms with Crippen molar-refractivity contribution in [3.63, 3.8) is 0 Å². The van der Waals surface area contributed by atoms with Gasteiger partial charge < -0.3 is 20.1 Å². The van der Waals surface area contributed by atoms with Crippen LogP contribution < -0.4 is 15.5 Å². The minimum absolute atomic E-state index is 0.0429. The van der Waals surface area contributed by atoms with E-state index in [0.29, 0.717) is 5.92 Å². The molecule has 1 saturated heterocycles. The van der Waals surface area contributed by atoms with Gasteiger partial charge in [-0.25, -0.2) is 4.79 Å². The second-order valence-electron chi connectivity index (χ2n) is 10.2. The van der Waals surface area contributed by atoms with Crippen LogP contribution in [0.25, 0.3) is 0 Å². The zero-order valence-corrected chi connectivity index (χ0v) is 19.8. The highest BCUT2D eigenvalue weighted by molar-refractivity contribution is 5.74. The van der Waals surface area contributed by atoms with Crippen molar-refractivity contribution < 1.29 is 9.32 Å². The molecule has 2 N–H and O–H groups in total. The summed E-state index contributed by atoms with van der Waals surface area (Å²) in [6, 6.07) is 13.0. The van der Waals surface area contributed by atoms with Crippen molar-refractivity contribution in [2.75, 3.05) is 31.1 Å². The monoisotopic (exact) mass is 439 g/mol. The Morgan fingerprint density at radius 2 is 1.91 bits per heavy atom. The summed E-state index contributed by atoms with van der Waals surface area (Å²) in [7, 11) is 0. The van der Waals surface area contributed by atoms with Gasteiger partial charge in [-0.15, -0.1) is 0 Å². The van der Waals surface area contributed by atoms with Crippen molar-refractivity contribution in [3.05, 3.63) is 47.9 Å². The van der Waals surface area contributed by atoms with E-state index in [1.165, 1.54) is 5.69 Å². The van der Waals surface area contributed by atoms with Gasteiger partial charge in [0.05, 0.1) is 12.2 Å². The lowest BCUT2D eigenvalue weighted by Crippen LogP contribution is -2.60. The smallest absolute Gasteiger partial charge is 0.315 e. The number of amides is 2. The van der Waals surface area contributed by atoms with Crippen LogP contribution in [0.1, 0.15) is 45.6 Å². The lowest BCUT2D eigenvalue weighted by Gasteiger charge is -2.52. The van der Waals surface area contributed by atoms with Gasteiger partial charge in [0.2, 0.25) is 0 Å². The van der Waals surface area contributed by atoms with Gasteiger partial charge in [0.1, 0.15) is 0 Å². The standard InChI is InChI=1S/C25H37N5O2/c1-18(2)26-24(31)27-23-15-19(25(23,3)4)14-20-16-22(32-28-20)17-29-10-12-30(13-11-29)21-8-6-5-7-9-21/h5-9,16,18-19,23H,10-15,17H2,1-4H3,(H2,26,27,31)/t19-,23+/m1/s1. The molecule has 2 aliphatic rings. The molecule has 2 heterocycles. The largest absolute Gasteiger partial charge is 0.369 e. The van der Waals surface area contributed by atoms with Crippen LogP contribution in [0.15, 0.2) is 40.9 Å². The van der Waals surface area contributed by atoms with Gasteiger partial charge in [0, 0.05) is 50.0 Å². The van der Waals surface area contributed by atoms with Crippen LogP contribution in [-0.4, -0.2) is 54.4 Å². The summed E-state index contributed by atoms with van der Waals surface area (Å²) in [4.78, 5) is 16.9. The molecular formula is C25H37N5O2. The van der Waals surface area contributed by atoms with E-state index in [0.717, 1.165) is 57.0 Å². The molecule has 1 saturated carbocycles. The number of rotatable bonds is 7. The molecule has 2 fully saturated rings. The molecule has 174 valence electrons. The molecule has 2 aromatic rings. The van der Waals surface area contributed by atoms with E-state index >= 15 is 0 Å². The molecule has 4 rings (SSSR count). The molecule has 2 amide bonds. The van der Waals surface area contributed by atoms with Crippen LogP contribution in [0.5, 0.6) is 0 Å². The molecule has 1 aliphatic heterocycles. The van der Waals surface area contributed by atoms with Crippen molar-refractivity contribution in [1.82, 2.24) is 20.7 Å². The number of aromatic nitrogens is 1. The third-order valence-electron chi connectivity index (χ3n) is 7.13. The van der Waals surface area contributed by atoms with Gasteiger partial charge in [-0.2, -0.15) is 0 Å². The maximum Gasteiger partial charge on any atom is 0.315 e. The van der Waals surface area contributed by atoms with Crippen LogP contribution in [0, 0.1) is 11.3 Å². The molecule has 2 atom stereocenters. The van der Waals surface area contributed by atoms with E-state index in [9.17, 15) is 4.79 Å². The first-order valence-electron chi connectivity index (χ1n) is 11.8. The van der Waals surface area contributed by atoms with E-state index < -0.39 is 0 Å². The maximum absolute atomic E-state index is 12.0. The predicted octanol–water partition coefficient (Wildman–Crippen LogP) is 3.66. The number of para-hydroxylation sites is 1. The van der Waals surface area contributed by atoms with Crippen LogP contribution in [-0.2, 0) is 13.0 Å². The highest BCUT2D eigenvalue weighted by Crippen LogP contribution is 2.47. The van der Waals surface area contributed by atoms with E-state index in [4.69, 9.17) is 4.52 Å². The fourth-order valence-electron chi connectivity index (χ4n) is 4.87. The van der Waals surface area contributed by atoms with Crippen LogP contribution >= 0.6 is 0 Å². The quantitative estimate of drug-likeness (QED) is 0.689. The van der Waals surface area contributed by atoms with Crippen molar-refractivity contribution in [2.24, 2.45) is 11.3 Å². The van der Waals surface area contributed by atoms with Gasteiger partial charge in [-0.3, -0.25) is 4.90 Å². The summed E-state index contributed by atoms with van der Waals surface area (Å²) in [5.74, 6) is 1.43. The van der Waals surface area contributed by atoms with Gasteiger partial charge in [0.25, 0.3) is 0 Å². The summed E-state index contributed by atoms with van der Waals surface area (Å²) < 4.78 is 5.67. The summed E-state index contributed by atoms with van der Waals surface area (Å²) in [6.07, 6.45) is 1.87. The Hall–Kier alpha value is -2.54. The number of carbonyl (C=O) groups excluding carboxylic acids is 1. The normalized spacial score (nSPS) is 23.1. The van der Waals surface area contributed by atoms with Gasteiger partial charge in [-0.1, -0.05) is 37.2 Å². The number of benzene rings is 1. The van der Waals surface area contributed by atoms with Gasteiger partial charge >= 0.3 is 6.03 Å². The highest BCUT2D eigenvalue weighted by Gasteiger charge is 2.48. The number of hydrogen-bond acceptors (Lipinski definition) is 5. The van der Waals surface area contributed by atoms with E-state index in [1.54, 1.807) is 0 Å². The first-order chi connectivity index (χ1) is 15.3. The molecule has 0 spiro atoms. The zero-order chi connectivity index (χ0) is 22.7. The first kappa shape index (κ1) is 22.6. The molecule has 1 aromatic heterocycles. The van der Waals surface area contributed by atoms with Crippen molar-refractivity contribution in [1.29, 1.82) is 0 Å². The second-order valence-corrected chi connectivity index (χ2v) is 10.2. The number of hydrogen-bond donors (Lipinski definition) is 2. The number of nitrogens with zero attached hydrogens (tertiary/aromatic N) is 3. The number of anilines is 1. The minimum atomic E-state index is -0.0763. The number of urea groups is 1. The first-order valence-corrected chi connectivity index (χ1v) is 11.8. The van der Waals surface area contributed by atoms with Crippen LogP contribution in [0.2, 0.25) is 0 Å². The molecule has 1 aromatic carbocycles. The Morgan fingerprint density at radius 1 is 1.19 bits per heavy atom. The molecule has 32 heavy (non-hydrogen) atoms. The zero-order valence-electron chi connectivity index (χ0n) is 19.8. The number of piperazine rings is 1. The average molecular weight is 440 g/mol. The third kappa shape index (κ3) is 5.26. The van der Waals surface area contributed by atoms with Gasteiger partial charge in [-0.05, 0) is 50.2 Å². The molecule has 7 nitrogen and oxygen atoms in total. The Kier molecular flexibility index (Phi) is 6.74. The Balaban J connectivity index is 1.23. The maximum atomic E-state index is 12.0. The Morgan fingerprint density at radius 3 is 2.56 bits per heavy atom. The van der Waals surface area contributed by atoms with Crippen molar-refractivity contribution in [3.8, 4) is 0 Å². The summed E-state index contributed by atoms with van der Waals surface area (Å²) in [5, 5.41) is 10.4. The third-order valence-corrected chi connectivity index (χ3v) is 7.13. The lowest BCUT2D eigenvalue weighted by atomic mass is 9.57. The fourth-order valence-corrected chi connectivity index (χ4v) is 4.87. The summed E-state index contributed by atoms with van der Waals surface area (Å²) in [6.45, 7) is 13.3. The molecule has 1 aliphatic carbocycles. The summed E-state index contributed by atoms with van der Waals surface area (Å²) in [5.41, 5.74) is 2.36. The second kappa shape index (κ2) is 9.53. The van der Waals surface area contributed by atoms with Gasteiger partial charge in [0.15, 0.2) is 5.76 Å². The average Bonchev–Trinajstić information content (AvgIpc) is 3.20. The highest BCUT2D eigenvalue weighted by atomic mass is 16.5. The summed E-state index contributed by atoms with van der Waals surface area (Å²) >= 11 is 0. The minimum Gasteiger partial charge on any atom is -0.369 e.